The molecule has 0 atom stereocenters. The Bertz CT molecular complexity index is 2530. The van der Waals surface area contributed by atoms with Crippen LogP contribution in [-0.2, 0) is 20.2 Å². The van der Waals surface area contributed by atoms with Gasteiger partial charge in [-0.3, -0.25) is 9.11 Å². The van der Waals surface area contributed by atoms with Crippen molar-refractivity contribution in [1.82, 2.24) is 15.0 Å². The number of phenolic OH excluding ortho intramolecular Hbond substituents is 1. The fourth-order valence-corrected chi connectivity index (χ4v) is 5.75. The minimum Gasteiger partial charge on any atom is -0.505 e. The Balaban J connectivity index is 1.69. The number of aromatic hydroxyl groups is 1. The summed E-state index contributed by atoms with van der Waals surface area (Å²) in [6, 6.07) is 10.4. The van der Waals surface area contributed by atoms with E-state index in [0.717, 1.165) is 36.4 Å². The van der Waals surface area contributed by atoms with Gasteiger partial charge >= 0.3 is 17.9 Å². The molecule has 0 aliphatic carbocycles. The first-order valence-electron chi connectivity index (χ1n) is 13.5. The van der Waals surface area contributed by atoms with Crippen molar-refractivity contribution in [3.8, 4) is 5.75 Å². The molecular formula is C28H20N8O13S2. The van der Waals surface area contributed by atoms with Crippen LogP contribution in [-0.4, -0.2) is 79.2 Å². The number of azo groups is 1. The highest BCUT2D eigenvalue weighted by atomic mass is 32.2. The predicted octanol–water partition coefficient (Wildman–Crippen LogP) is 3.80. The van der Waals surface area contributed by atoms with Gasteiger partial charge in [0.2, 0.25) is 17.8 Å². The van der Waals surface area contributed by atoms with Gasteiger partial charge in [-0.15, -0.1) is 10.2 Å². The highest BCUT2D eigenvalue weighted by Gasteiger charge is 2.26. The van der Waals surface area contributed by atoms with Crippen LogP contribution >= 0.6 is 0 Å². The van der Waals surface area contributed by atoms with Crippen LogP contribution < -0.4 is 16.4 Å². The molecule has 10 N–H and O–H groups in total. The standard InChI is InChI=1S/C28H20N8O13S2/c29-26-32-27(30-14-6-12(23(38)39)5-13(7-14)24(40)41)34-28(33-26)31-18-10-15(50(44,45)46)8-11-9-19(51(47,48)49)21(22(37)20(11)18)36-35-17-4-2-1-3-16(17)25(42)43/h1-10,37H,(H,38,39)(H,40,41)(H,42,43)(H,44,45,46)(H,47,48,49)(H4,29,30,31,32,33,34). The van der Waals surface area contributed by atoms with Gasteiger partial charge in [0.05, 0.1) is 27.3 Å². The second-order valence-electron chi connectivity index (χ2n) is 10.1. The Morgan fingerprint density at radius 1 is 0.725 bits per heavy atom. The molecule has 1 heterocycles. The maximum absolute atomic E-state index is 12.4. The molecule has 0 saturated heterocycles. The first-order chi connectivity index (χ1) is 23.8. The Hall–Kier alpha value is -6.82. The third-order valence-electron chi connectivity index (χ3n) is 6.67. The second kappa shape index (κ2) is 13.2. The Morgan fingerprint density at radius 2 is 1.33 bits per heavy atom. The number of carboxylic acids is 3. The number of anilines is 5. The lowest BCUT2D eigenvalue weighted by atomic mass is 10.1. The monoisotopic (exact) mass is 740 g/mol. The van der Waals surface area contributed by atoms with E-state index in [2.05, 4.69) is 35.8 Å². The maximum Gasteiger partial charge on any atom is 0.337 e. The quantitative estimate of drug-likeness (QED) is 0.0686. The van der Waals surface area contributed by atoms with E-state index in [-0.39, 0.29) is 16.9 Å². The highest BCUT2D eigenvalue weighted by molar-refractivity contribution is 7.86. The number of nitrogens with two attached hydrogens (primary N) is 1. The average Bonchev–Trinajstić information content (AvgIpc) is 3.02. The number of aromatic carboxylic acids is 3. The number of carbonyl (C=O) groups is 3. The highest BCUT2D eigenvalue weighted by Crippen LogP contribution is 2.45. The summed E-state index contributed by atoms with van der Waals surface area (Å²) in [7, 11) is -10.3. The van der Waals surface area contributed by atoms with Crippen molar-refractivity contribution in [2.75, 3.05) is 16.4 Å². The molecule has 23 heteroatoms. The number of benzene rings is 4. The number of nitrogen functional groups attached to an aromatic ring is 1. The summed E-state index contributed by atoms with van der Waals surface area (Å²) in [5.41, 5.74) is 2.86. The lowest BCUT2D eigenvalue weighted by molar-refractivity contribution is 0.0682. The number of hydrogen-bond acceptors (Lipinski definition) is 16. The SMILES string of the molecule is Nc1nc(Nc2cc(C(=O)O)cc(C(=O)O)c2)nc(Nc2cc(S(=O)(=O)O)cc3cc(S(=O)(=O)O)c(N=Nc4ccccc4C(=O)O)c(O)c23)n1. The number of carboxylic acid groups (broad SMARTS) is 3. The topological polar surface area (TPSA) is 354 Å². The van der Waals surface area contributed by atoms with Crippen molar-refractivity contribution >= 4 is 89.5 Å². The van der Waals surface area contributed by atoms with E-state index >= 15 is 0 Å². The van der Waals surface area contributed by atoms with Crippen molar-refractivity contribution < 1.29 is 60.8 Å². The van der Waals surface area contributed by atoms with Gasteiger partial charge in [-0.05, 0) is 53.9 Å². The summed E-state index contributed by atoms with van der Waals surface area (Å²) < 4.78 is 68.9. The number of rotatable bonds is 11. The van der Waals surface area contributed by atoms with Gasteiger partial charge in [-0.1, -0.05) is 12.1 Å². The Kier molecular flexibility index (Phi) is 9.21. The van der Waals surface area contributed by atoms with Crippen LogP contribution in [0.1, 0.15) is 31.1 Å². The fourth-order valence-electron chi connectivity index (χ4n) is 4.55. The molecule has 262 valence electrons. The van der Waals surface area contributed by atoms with Gasteiger partial charge in [-0.25, -0.2) is 14.4 Å². The number of nitrogens with zero attached hydrogens (tertiary/aromatic N) is 5. The number of fused-ring (bicyclic) bond motifs is 1. The van der Waals surface area contributed by atoms with E-state index in [1.165, 1.54) is 18.2 Å². The van der Waals surface area contributed by atoms with Gasteiger partial charge in [0.25, 0.3) is 20.2 Å². The van der Waals surface area contributed by atoms with Crippen molar-refractivity contribution in [3.05, 3.63) is 77.4 Å². The zero-order valence-electron chi connectivity index (χ0n) is 24.9. The van der Waals surface area contributed by atoms with Crippen LogP contribution in [0.25, 0.3) is 10.8 Å². The van der Waals surface area contributed by atoms with E-state index in [1.807, 2.05) is 0 Å². The van der Waals surface area contributed by atoms with Gasteiger partial charge < -0.3 is 36.8 Å². The second-order valence-corrected chi connectivity index (χ2v) is 12.9. The molecule has 1 aromatic heterocycles. The third kappa shape index (κ3) is 7.75. The smallest absolute Gasteiger partial charge is 0.337 e. The molecule has 21 nitrogen and oxygen atoms in total. The lowest BCUT2D eigenvalue weighted by Gasteiger charge is -2.15. The van der Waals surface area contributed by atoms with Gasteiger partial charge in [0.15, 0.2) is 5.75 Å². The molecule has 0 aliphatic heterocycles. The first kappa shape index (κ1) is 35.5. The first-order valence-corrected chi connectivity index (χ1v) is 16.4. The van der Waals surface area contributed by atoms with Crippen LogP contribution in [0.5, 0.6) is 5.75 Å². The van der Waals surface area contributed by atoms with E-state index < -0.39 is 105 Å². The predicted molar refractivity (Wildman–Crippen MR) is 174 cm³/mol. The zero-order valence-corrected chi connectivity index (χ0v) is 26.6. The summed E-state index contributed by atoms with van der Waals surface area (Å²) in [6.07, 6.45) is 0. The summed E-state index contributed by atoms with van der Waals surface area (Å²) in [4.78, 5) is 44.5. The van der Waals surface area contributed by atoms with Crippen LogP contribution in [0.3, 0.4) is 0 Å². The van der Waals surface area contributed by atoms with Crippen molar-refractivity contribution in [3.63, 3.8) is 0 Å². The largest absolute Gasteiger partial charge is 0.505 e. The molecule has 0 radical (unpaired) electrons. The number of phenols is 1. The molecule has 0 unspecified atom stereocenters. The summed E-state index contributed by atoms with van der Waals surface area (Å²) in [5.74, 6) is -6.77. The van der Waals surface area contributed by atoms with Crippen LogP contribution in [0, 0.1) is 0 Å². The van der Waals surface area contributed by atoms with E-state index in [0.29, 0.717) is 6.07 Å². The number of aromatic nitrogens is 3. The van der Waals surface area contributed by atoms with E-state index in [4.69, 9.17) is 5.73 Å². The minimum atomic E-state index is -5.25. The Morgan fingerprint density at radius 3 is 1.90 bits per heavy atom. The van der Waals surface area contributed by atoms with Crippen LogP contribution in [0.4, 0.5) is 40.6 Å². The summed E-state index contributed by atoms with van der Waals surface area (Å²) in [6.45, 7) is 0. The van der Waals surface area contributed by atoms with Crippen molar-refractivity contribution in [2.45, 2.75) is 9.79 Å². The van der Waals surface area contributed by atoms with Crippen molar-refractivity contribution in [2.24, 2.45) is 10.2 Å². The molecule has 0 saturated carbocycles. The molecule has 0 fully saturated rings. The van der Waals surface area contributed by atoms with Crippen molar-refractivity contribution in [1.29, 1.82) is 0 Å². The maximum atomic E-state index is 12.4. The zero-order chi connectivity index (χ0) is 37.4. The van der Waals surface area contributed by atoms with Crippen LogP contribution in [0.15, 0.2) is 80.7 Å². The molecule has 51 heavy (non-hydrogen) atoms. The fraction of sp³-hybridized carbons (Fsp3) is 0. The molecule has 5 aromatic rings. The number of hydrogen-bond donors (Lipinski definition) is 9. The molecule has 0 spiro atoms. The van der Waals surface area contributed by atoms with Gasteiger partial charge in [0.1, 0.15) is 16.3 Å². The average molecular weight is 741 g/mol. The molecule has 4 aromatic carbocycles. The van der Waals surface area contributed by atoms with E-state index in [1.54, 1.807) is 0 Å². The molecule has 0 aliphatic rings. The summed E-state index contributed by atoms with van der Waals surface area (Å²) in [5, 5.41) is 51.3. The summed E-state index contributed by atoms with van der Waals surface area (Å²) >= 11 is 0. The molecule has 5 rings (SSSR count). The lowest BCUT2D eigenvalue weighted by Crippen LogP contribution is -2.09. The number of nitrogens with one attached hydrogen (secondary N) is 2. The Labute approximate surface area is 284 Å². The molecule has 0 bridgehead atoms. The van der Waals surface area contributed by atoms with Gasteiger partial charge in [-0.2, -0.15) is 31.8 Å². The van der Waals surface area contributed by atoms with Gasteiger partial charge in [0, 0.05) is 11.1 Å². The molecular weight excluding hydrogens is 720 g/mol. The third-order valence-corrected chi connectivity index (χ3v) is 8.37. The normalized spacial score (nSPS) is 11.8. The molecule has 0 amide bonds. The van der Waals surface area contributed by atoms with Crippen LogP contribution in [0.2, 0.25) is 0 Å². The minimum absolute atomic E-state index is 0.113. The van der Waals surface area contributed by atoms with E-state index in [9.17, 15) is 60.8 Å².